The maximum atomic E-state index is 11.6. The van der Waals surface area contributed by atoms with Crippen LogP contribution in [-0.2, 0) is 11.3 Å². The zero-order valence-corrected chi connectivity index (χ0v) is 11.8. The number of ether oxygens (including phenoxy) is 1. The summed E-state index contributed by atoms with van der Waals surface area (Å²) in [6.07, 6.45) is 1.56. The number of amides is 1. The van der Waals surface area contributed by atoms with E-state index in [4.69, 9.17) is 4.74 Å². The fourth-order valence-electron chi connectivity index (χ4n) is 1.44. The Labute approximate surface area is 119 Å². The lowest BCUT2D eigenvalue weighted by atomic mass is 10.2. The summed E-state index contributed by atoms with van der Waals surface area (Å²) in [4.78, 5) is 15.6. The van der Waals surface area contributed by atoms with Crippen LogP contribution in [0.4, 0.5) is 0 Å². The first-order valence-corrected chi connectivity index (χ1v) is 6.58. The zero-order chi connectivity index (χ0) is 13.5. The second kappa shape index (κ2) is 6.89. The van der Waals surface area contributed by atoms with Crippen LogP contribution in [0.5, 0.6) is 5.75 Å². The summed E-state index contributed by atoms with van der Waals surface area (Å²) < 4.78 is 6.05. The van der Waals surface area contributed by atoms with Crippen molar-refractivity contribution in [1.82, 2.24) is 10.3 Å². The van der Waals surface area contributed by atoms with Gasteiger partial charge in [0.2, 0.25) is 0 Å². The molecule has 1 N–H and O–H groups in total. The molecule has 5 heteroatoms. The van der Waals surface area contributed by atoms with Crippen molar-refractivity contribution < 1.29 is 9.53 Å². The maximum Gasteiger partial charge on any atom is 0.258 e. The lowest BCUT2D eigenvalue weighted by molar-refractivity contribution is -0.123. The number of halogens is 1. The summed E-state index contributed by atoms with van der Waals surface area (Å²) in [6.45, 7) is 0.484. The summed E-state index contributed by atoms with van der Waals surface area (Å²) in [7, 11) is 0. The van der Waals surface area contributed by atoms with Crippen LogP contribution in [0.1, 0.15) is 5.56 Å². The predicted octanol–water partition coefficient (Wildman–Crippen LogP) is 2.54. The number of hydrogen-bond donors (Lipinski definition) is 1. The molecule has 0 saturated heterocycles. The van der Waals surface area contributed by atoms with Crippen molar-refractivity contribution in [1.29, 1.82) is 0 Å². The van der Waals surface area contributed by atoms with Gasteiger partial charge in [-0.2, -0.15) is 0 Å². The molecule has 0 fully saturated rings. The summed E-state index contributed by atoms with van der Waals surface area (Å²) in [5.74, 6) is 0.407. The van der Waals surface area contributed by atoms with Crippen molar-refractivity contribution in [3.05, 3.63) is 58.8 Å². The van der Waals surface area contributed by atoms with Crippen molar-refractivity contribution in [2.45, 2.75) is 6.54 Å². The molecule has 98 valence electrons. The maximum absolute atomic E-state index is 11.6. The minimum atomic E-state index is -0.160. The van der Waals surface area contributed by atoms with E-state index < -0.39 is 0 Å². The van der Waals surface area contributed by atoms with E-state index in [2.05, 4.69) is 26.2 Å². The van der Waals surface area contributed by atoms with Crippen LogP contribution in [0.2, 0.25) is 0 Å². The van der Waals surface area contributed by atoms with Gasteiger partial charge in [0.1, 0.15) is 10.4 Å². The van der Waals surface area contributed by atoms with Crippen molar-refractivity contribution >= 4 is 21.8 Å². The van der Waals surface area contributed by atoms with Gasteiger partial charge in [0.15, 0.2) is 6.61 Å². The van der Waals surface area contributed by atoms with E-state index in [9.17, 15) is 4.79 Å². The second-order valence-corrected chi connectivity index (χ2v) is 4.68. The first-order valence-electron chi connectivity index (χ1n) is 5.79. The standard InChI is InChI=1S/C14H13BrN2O2/c15-13-7-6-12(9-16-13)19-10-14(18)17-8-11-4-2-1-3-5-11/h1-7,9H,8,10H2,(H,17,18). The number of carbonyl (C=O) groups excluding carboxylic acids is 1. The monoisotopic (exact) mass is 320 g/mol. The molecule has 19 heavy (non-hydrogen) atoms. The topological polar surface area (TPSA) is 51.2 Å². The Morgan fingerprint density at radius 1 is 1.21 bits per heavy atom. The van der Waals surface area contributed by atoms with E-state index in [0.29, 0.717) is 12.3 Å². The van der Waals surface area contributed by atoms with Crippen LogP contribution < -0.4 is 10.1 Å². The molecule has 1 heterocycles. The van der Waals surface area contributed by atoms with Crippen LogP contribution >= 0.6 is 15.9 Å². The lowest BCUT2D eigenvalue weighted by Crippen LogP contribution is -2.28. The number of hydrogen-bond acceptors (Lipinski definition) is 3. The highest BCUT2D eigenvalue weighted by molar-refractivity contribution is 9.10. The molecular formula is C14H13BrN2O2. The fraction of sp³-hybridized carbons (Fsp3) is 0.143. The zero-order valence-electron chi connectivity index (χ0n) is 10.2. The molecule has 0 bridgehead atoms. The molecule has 0 aliphatic rings. The smallest absolute Gasteiger partial charge is 0.258 e. The number of carbonyl (C=O) groups is 1. The van der Waals surface area contributed by atoms with Crippen LogP contribution in [0.15, 0.2) is 53.3 Å². The molecule has 0 radical (unpaired) electrons. The molecule has 0 saturated carbocycles. The number of nitrogens with zero attached hydrogens (tertiary/aromatic N) is 1. The van der Waals surface area contributed by atoms with Gasteiger partial charge in [-0.1, -0.05) is 30.3 Å². The van der Waals surface area contributed by atoms with Gasteiger partial charge in [0.25, 0.3) is 5.91 Å². The van der Waals surface area contributed by atoms with Crippen LogP contribution in [0.25, 0.3) is 0 Å². The van der Waals surface area contributed by atoms with Gasteiger partial charge >= 0.3 is 0 Å². The number of rotatable bonds is 5. The highest BCUT2D eigenvalue weighted by atomic mass is 79.9. The number of benzene rings is 1. The SMILES string of the molecule is O=C(COc1ccc(Br)nc1)NCc1ccccc1. The highest BCUT2D eigenvalue weighted by Crippen LogP contribution is 2.12. The molecule has 0 spiro atoms. The first-order chi connectivity index (χ1) is 9.24. The van der Waals surface area contributed by atoms with Gasteiger partial charge in [-0.05, 0) is 33.6 Å². The van der Waals surface area contributed by atoms with Crippen LogP contribution in [-0.4, -0.2) is 17.5 Å². The molecule has 1 aromatic heterocycles. The van der Waals surface area contributed by atoms with E-state index in [1.54, 1.807) is 18.3 Å². The minimum Gasteiger partial charge on any atom is -0.482 e. The average molecular weight is 321 g/mol. The van der Waals surface area contributed by atoms with Crippen molar-refractivity contribution in [3.8, 4) is 5.75 Å². The molecule has 1 amide bonds. The summed E-state index contributed by atoms with van der Waals surface area (Å²) in [5, 5.41) is 2.79. The van der Waals surface area contributed by atoms with Crippen molar-refractivity contribution in [2.24, 2.45) is 0 Å². The van der Waals surface area contributed by atoms with E-state index in [0.717, 1.165) is 10.2 Å². The van der Waals surface area contributed by atoms with E-state index >= 15 is 0 Å². The predicted molar refractivity (Wildman–Crippen MR) is 75.7 cm³/mol. The van der Waals surface area contributed by atoms with Gasteiger partial charge in [-0.25, -0.2) is 4.98 Å². The van der Waals surface area contributed by atoms with Crippen LogP contribution in [0.3, 0.4) is 0 Å². The van der Waals surface area contributed by atoms with E-state index in [1.807, 2.05) is 30.3 Å². The van der Waals surface area contributed by atoms with Gasteiger partial charge in [-0.15, -0.1) is 0 Å². The first kappa shape index (κ1) is 13.5. The molecule has 2 aromatic rings. The van der Waals surface area contributed by atoms with E-state index in [1.165, 1.54) is 0 Å². The lowest BCUT2D eigenvalue weighted by Gasteiger charge is -2.07. The highest BCUT2D eigenvalue weighted by Gasteiger charge is 2.02. The largest absolute Gasteiger partial charge is 0.482 e. The molecule has 4 nitrogen and oxygen atoms in total. The van der Waals surface area contributed by atoms with Crippen molar-refractivity contribution in [3.63, 3.8) is 0 Å². The molecule has 2 rings (SSSR count). The molecule has 0 aliphatic carbocycles. The van der Waals surface area contributed by atoms with Crippen molar-refractivity contribution in [2.75, 3.05) is 6.61 Å². The number of aromatic nitrogens is 1. The Kier molecular flexibility index (Phi) is 4.92. The summed E-state index contributed by atoms with van der Waals surface area (Å²) in [6, 6.07) is 13.2. The van der Waals surface area contributed by atoms with Gasteiger partial charge in [-0.3, -0.25) is 4.79 Å². The number of nitrogens with one attached hydrogen (secondary N) is 1. The van der Waals surface area contributed by atoms with Gasteiger partial charge in [0, 0.05) is 6.54 Å². The quantitative estimate of drug-likeness (QED) is 0.861. The molecule has 0 unspecified atom stereocenters. The van der Waals surface area contributed by atoms with Gasteiger partial charge in [0.05, 0.1) is 6.20 Å². The Bertz CT molecular complexity index is 529. The third kappa shape index (κ3) is 4.71. The molecule has 1 aromatic carbocycles. The Balaban J connectivity index is 1.74. The molecular weight excluding hydrogens is 308 g/mol. The second-order valence-electron chi connectivity index (χ2n) is 3.87. The third-order valence-corrected chi connectivity index (χ3v) is 2.87. The fourth-order valence-corrected chi connectivity index (χ4v) is 1.68. The number of pyridine rings is 1. The minimum absolute atomic E-state index is 0.0177. The Hall–Kier alpha value is -1.88. The third-order valence-electron chi connectivity index (χ3n) is 2.40. The Morgan fingerprint density at radius 3 is 2.68 bits per heavy atom. The van der Waals surface area contributed by atoms with Gasteiger partial charge < -0.3 is 10.1 Å². The molecule has 0 atom stereocenters. The van der Waals surface area contributed by atoms with Crippen LogP contribution in [0, 0.1) is 0 Å². The van der Waals surface area contributed by atoms with E-state index in [-0.39, 0.29) is 12.5 Å². The molecule has 0 aliphatic heterocycles. The summed E-state index contributed by atoms with van der Waals surface area (Å²) in [5.41, 5.74) is 1.06. The Morgan fingerprint density at radius 2 is 2.00 bits per heavy atom. The average Bonchev–Trinajstić information content (AvgIpc) is 2.45. The summed E-state index contributed by atoms with van der Waals surface area (Å²) >= 11 is 3.23. The normalized spacial score (nSPS) is 9.95.